The highest BCUT2D eigenvalue weighted by molar-refractivity contribution is 6.31. The van der Waals surface area contributed by atoms with Crippen molar-refractivity contribution in [2.24, 2.45) is 5.92 Å². The highest BCUT2D eigenvalue weighted by Gasteiger charge is 2.23. The van der Waals surface area contributed by atoms with Gasteiger partial charge in [0.2, 0.25) is 11.0 Å². The molecule has 0 amide bonds. The van der Waals surface area contributed by atoms with Crippen LogP contribution in [0, 0.1) is 16.0 Å². The number of anilines is 1. The van der Waals surface area contributed by atoms with E-state index in [2.05, 4.69) is 27.1 Å². The second kappa shape index (κ2) is 6.81. The van der Waals surface area contributed by atoms with Crippen molar-refractivity contribution in [2.45, 2.75) is 19.8 Å². The number of aromatic nitrogens is 2. The van der Waals surface area contributed by atoms with Crippen LogP contribution in [0.4, 0.5) is 11.5 Å². The van der Waals surface area contributed by atoms with Gasteiger partial charge in [-0.15, -0.1) is 0 Å². The quantitative estimate of drug-likeness (QED) is 0.509. The van der Waals surface area contributed by atoms with Crippen LogP contribution in [0.5, 0.6) is 0 Å². The lowest BCUT2D eigenvalue weighted by Gasteiger charge is -2.31. The number of rotatable bonds is 5. The number of nitrogens with zero attached hydrogens (tertiary/aromatic N) is 4. The van der Waals surface area contributed by atoms with Crippen LogP contribution in [0.15, 0.2) is 6.33 Å². The largest absolute Gasteiger partial charge is 0.364 e. The molecule has 7 nitrogen and oxygen atoms in total. The zero-order valence-corrected chi connectivity index (χ0v) is 12.1. The van der Waals surface area contributed by atoms with Crippen molar-refractivity contribution in [1.82, 2.24) is 14.9 Å². The Morgan fingerprint density at radius 3 is 2.80 bits per heavy atom. The lowest BCUT2D eigenvalue weighted by atomic mass is 9.97. The van der Waals surface area contributed by atoms with Gasteiger partial charge in [-0.2, -0.15) is 0 Å². The van der Waals surface area contributed by atoms with Gasteiger partial charge in [-0.3, -0.25) is 10.1 Å². The first-order chi connectivity index (χ1) is 9.61. The molecule has 0 aromatic carbocycles. The summed E-state index contributed by atoms with van der Waals surface area (Å²) in [6.45, 7) is 6.06. The minimum atomic E-state index is -0.551. The van der Waals surface area contributed by atoms with Crippen molar-refractivity contribution >= 4 is 23.1 Å². The molecule has 0 atom stereocenters. The summed E-state index contributed by atoms with van der Waals surface area (Å²) in [4.78, 5) is 20.4. The number of hydrogen-bond donors (Lipinski definition) is 1. The average Bonchev–Trinajstić information content (AvgIpc) is 2.45. The van der Waals surface area contributed by atoms with Gasteiger partial charge < -0.3 is 10.2 Å². The molecule has 2 rings (SSSR count). The number of piperidine rings is 1. The van der Waals surface area contributed by atoms with Crippen LogP contribution in [0.3, 0.4) is 0 Å². The molecule has 1 aromatic rings. The van der Waals surface area contributed by atoms with Crippen LogP contribution < -0.4 is 5.32 Å². The zero-order chi connectivity index (χ0) is 14.5. The van der Waals surface area contributed by atoms with Gasteiger partial charge in [0.1, 0.15) is 6.33 Å². The highest BCUT2D eigenvalue weighted by atomic mass is 35.5. The SMILES string of the molecule is CCN1CCC(CNc2ncnc(Cl)c2[N+](=O)[O-])CC1. The van der Waals surface area contributed by atoms with Gasteiger partial charge in [-0.05, 0) is 38.4 Å². The predicted octanol–water partition coefficient (Wildman–Crippen LogP) is 2.18. The van der Waals surface area contributed by atoms with E-state index in [-0.39, 0.29) is 16.7 Å². The molecule has 20 heavy (non-hydrogen) atoms. The summed E-state index contributed by atoms with van der Waals surface area (Å²) >= 11 is 5.74. The Balaban J connectivity index is 1.95. The molecule has 0 spiro atoms. The Labute approximate surface area is 122 Å². The first-order valence-corrected chi connectivity index (χ1v) is 7.10. The second-order valence-electron chi connectivity index (χ2n) is 4.88. The summed E-state index contributed by atoms with van der Waals surface area (Å²) in [7, 11) is 0. The molecule has 0 radical (unpaired) electrons. The van der Waals surface area contributed by atoms with E-state index < -0.39 is 4.92 Å². The fourth-order valence-electron chi connectivity index (χ4n) is 2.40. The van der Waals surface area contributed by atoms with E-state index in [1.807, 2.05) is 0 Å². The standard InChI is InChI=1S/C12H18ClN5O2/c1-2-17-5-3-9(4-6-17)7-14-12-10(18(19)20)11(13)15-8-16-12/h8-9H,2-7H2,1H3,(H,14,15,16). The van der Waals surface area contributed by atoms with E-state index in [1.165, 1.54) is 6.33 Å². The van der Waals surface area contributed by atoms with Crippen molar-refractivity contribution in [3.63, 3.8) is 0 Å². The number of nitrogens with one attached hydrogen (secondary N) is 1. The summed E-state index contributed by atoms with van der Waals surface area (Å²) < 4.78 is 0. The molecule has 110 valence electrons. The average molecular weight is 300 g/mol. The predicted molar refractivity (Wildman–Crippen MR) is 77.0 cm³/mol. The molecule has 0 unspecified atom stereocenters. The van der Waals surface area contributed by atoms with Crippen LogP contribution in [-0.4, -0.2) is 46.0 Å². The van der Waals surface area contributed by atoms with E-state index in [4.69, 9.17) is 11.6 Å². The molecular weight excluding hydrogens is 282 g/mol. The Kier molecular flexibility index (Phi) is 5.08. The minimum absolute atomic E-state index is 0.131. The van der Waals surface area contributed by atoms with E-state index in [9.17, 15) is 10.1 Å². The van der Waals surface area contributed by atoms with Gasteiger partial charge >= 0.3 is 5.69 Å². The first-order valence-electron chi connectivity index (χ1n) is 6.73. The maximum Gasteiger partial charge on any atom is 0.348 e. The molecule has 1 aromatic heterocycles. The van der Waals surface area contributed by atoms with Crippen LogP contribution >= 0.6 is 11.6 Å². The number of hydrogen-bond acceptors (Lipinski definition) is 6. The molecule has 1 aliphatic rings. The third kappa shape index (κ3) is 3.55. The lowest BCUT2D eigenvalue weighted by molar-refractivity contribution is -0.384. The molecule has 8 heteroatoms. The molecular formula is C12H18ClN5O2. The normalized spacial score (nSPS) is 17.1. The summed E-state index contributed by atoms with van der Waals surface area (Å²) in [5, 5.41) is 13.9. The van der Waals surface area contributed by atoms with E-state index in [0.29, 0.717) is 12.5 Å². The van der Waals surface area contributed by atoms with Crippen molar-refractivity contribution in [2.75, 3.05) is 31.5 Å². The van der Waals surface area contributed by atoms with Gasteiger partial charge in [-0.1, -0.05) is 18.5 Å². The van der Waals surface area contributed by atoms with Gasteiger partial charge in [-0.25, -0.2) is 9.97 Å². The number of nitro groups is 1. The van der Waals surface area contributed by atoms with Crippen molar-refractivity contribution in [3.8, 4) is 0 Å². The Morgan fingerprint density at radius 2 is 2.20 bits per heavy atom. The molecule has 0 saturated carbocycles. The Bertz CT molecular complexity index is 477. The van der Waals surface area contributed by atoms with Crippen molar-refractivity contribution in [1.29, 1.82) is 0 Å². The van der Waals surface area contributed by atoms with Crippen molar-refractivity contribution < 1.29 is 4.92 Å². The van der Waals surface area contributed by atoms with E-state index >= 15 is 0 Å². The molecule has 0 bridgehead atoms. The van der Waals surface area contributed by atoms with Crippen molar-refractivity contribution in [3.05, 3.63) is 21.6 Å². The van der Waals surface area contributed by atoms with E-state index in [1.54, 1.807) is 0 Å². The van der Waals surface area contributed by atoms with Crippen LogP contribution in [-0.2, 0) is 0 Å². The third-order valence-corrected chi connectivity index (χ3v) is 3.95. The van der Waals surface area contributed by atoms with Gasteiger partial charge in [0.15, 0.2) is 0 Å². The summed E-state index contributed by atoms with van der Waals surface area (Å²) in [6, 6.07) is 0. The molecule has 0 aliphatic carbocycles. The molecule has 1 saturated heterocycles. The third-order valence-electron chi connectivity index (χ3n) is 3.67. The zero-order valence-electron chi connectivity index (χ0n) is 11.4. The molecule has 1 N–H and O–H groups in total. The summed E-state index contributed by atoms with van der Waals surface area (Å²) in [6.07, 6.45) is 3.41. The first kappa shape index (κ1) is 14.9. The van der Waals surface area contributed by atoms with Gasteiger partial charge in [0.25, 0.3) is 0 Å². The van der Waals surface area contributed by atoms with Gasteiger partial charge in [0.05, 0.1) is 4.92 Å². The summed E-state index contributed by atoms with van der Waals surface area (Å²) in [5.41, 5.74) is -0.250. The van der Waals surface area contributed by atoms with Crippen LogP contribution in [0.2, 0.25) is 5.15 Å². The highest BCUT2D eigenvalue weighted by Crippen LogP contribution is 2.29. The minimum Gasteiger partial charge on any atom is -0.364 e. The molecule has 1 aliphatic heterocycles. The monoisotopic (exact) mass is 299 g/mol. The molecule has 2 heterocycles. The van der Waals surface area contributed by atoms with Crippen LogP contribution in [0.1, 0.15) is 19.8 Å². The maximum atomic E-state index is 11.0. The van der Waals surface area contributed by atoms with Crippen LogP contribution in [0.25, 0.3) is 0 Å². The van der Waals surface area contributed by atoms with Gasteiger partial charge in [0, 0.05) is 6.54 Å². The smallest absolute Gasteiger partial charge is 0.348 e. The number of halogens is 1. The lowest BCUT2D eigenvalue weighted by Crippen LogP contribution is -2.35. The topological polar surface area (TPSA) is 84.2 Å². The second-order valence-corrected chi connectivity index (χ2v) is 5.24. The Morgan fingerprint density at radius 1 is 1.50 bits per heavy atom. The fourth-order valence-corrected chi connectivity index (χ4v) is 2.60. The fraction of sp³-hybridized carbons (Fsp3) is 0.667. The Hall–Kier alpha value is -1.47. The maximum absolute atomic E-state index is 11.0. The summed E-state index contributed by atoms with van der Waals surface area (Å²) in [5.74, 6) is 0.707. The molecule has 1 fully saturated rings. The number of likely N-dealkylation sites (tertiary alicyclic amines) is 1. The van der Waals surface area contributed by atoms with E-state index in [0.717, 1.165) is 32.5 Å².